The van der Waals surface area contributed by atoms with Crippen LogP contribution in [0.4, 0.5) is 0 Å². The number of fused-ring (bicyclic) bond motifs is 2. The van der Waals surface area contributed by atoms with Crippen LogP contribution in [0.2, 0.25) is 0 Å². The van der Waals surface area contributed by atoms with E-state index in [4.69, 9.17) is 4.98 Å². The number of phenols is 1. The van der Waals surface area contributed by atoms with Gasteiger partial charge in [0.15, 0.2) is 0 Å². The molecule has 0 aliphatic heterocycles. The molecule has 1 aliphatic rings. The maximum atomic E-state index is 10.7. The Morgan fingerprint density at radius 3 is 2.44 bits per heavy atom. The summed E-state index contributed by atoms with van der Waals surface area (Å²) < 4.78 is 0. The number of rotatable bonds is 3. The fourth-order valence-corrected chi connectivity index (χ4v) is 4.14. The van der Waals surface area contributed by atoms with E-state index in [1.165, 1.54) is 5.57 Å². The SMILES string of the molecule is CN(C)CC1=C(c2ccccc2O)c2cc3ccccc3nc2CC1(C)C. The van der Waals surface area contributed by atoms with Crippen LogP contribution < -0.4 is 0 Å². The highest BCUT2D eigenvalue weighted by atomic mass is 16.3. The van der Waals surface area contributed by atoms with Crippen molar-refractivity contribution in [2.45, 2.75) is 20.3 Å². The Hall–Kier alpha value is -2.65. The lowest BCUT2D eigenvalue weighted by atomic mass is 9.69. The third kappa shape index (κ3) is 3.13. The first-order valence-corrected chi connectivity index (χ1v) is 9.42. The molecule has 0 amide bonds. The van der Waals surface area contributed by atoms with Crippen LogP contribution in [-0.4, -0.2) is 35.6 Å². The summed E-state index contributed by atoms with van der Waals surface area (Å²) in [6, 6.07) is 18.2. The predicted molar refractivity (Wildman–Crippen MR) is 112 cm³/mol. The summed E-state index contributed by atoms with van der Waals surface area (Å²) in [5, 5.41) is 11.8. The van der Waals surface area contributed by atoms with Crippen molar-refractivity contribution in [3.63, 3.8) is 0 Å². The molecule has 1 aliphatic carbocycles. The van der Waals surface area contributed by atoms with Gasteiger partial charge in [-0.2, -0.15) is 0 Å². The highest BCUT2D eigenvalue weighted by Gasteiger charge is 2.35. The second kappa shape index (κ2) is 6.50. The lowest BCUT2D eigenvalue weighted by Crippen LogP contribution is -2.32. The molecule has 3 heteroatoms. The van der Waals surface area contributed by atoms with Crippen molar-refractivity contribution in [3.8, 4) is 5.75 Å². The molecule has 27 heavy (non-hydrogen) atoms. The van der Waals surface area contributed by atoms with E-state index < -0.39 is 0 Å². The highest BCUT2D eigenvalue weighted by Crippen LogP contribution is 2.47. The minimum Gasteiger partial charge on any atom is -0.507 e. The summed E-state index contributed by atoms with van der Waals surface area (Å²) in [4.78, 5) is 7.21. The van der Waals surface area contributed by atoms with Gasteiger partial charge in [0.2, 0.25) is 0 Å². The van der Waals surface area contributed by atoms with E-state index in [9.17, 15) is 5.11 Å². The van der Waals surface area contributed by atoms with Gasteiger partial charge in [-0.15, -0.1) is 0 Å². The molecule has 0 saturated carbocycles. The Labute approximate surface area is 161 Å². The first-order chi connectivity index (χ1) is 12.9. The molecule has 0 fully saturated rings. The van der Waals surface area contributed by atoms with E-state index in [1.807, 2.05) is 30.3 Å². The zero-order valence-corrected chi connectivity index (χ0v) is 16.5. The molecular weight excluding hydrogens is 332 g/mol. The summed E-state index contributed by atoms with van der Waals surface area (Å²) in [6.07, 6.45) is 0.896. The number of aromatic hydroxyl groups is 1. The number of pyridine rings is 1. The zero-order chi connectivity index (χ0) is 19.2. The number of hydrogen-bond donors (Lipinski definition) is 1. The largest absolute Gasteiger partial charge is 0.507 e. The molecule has 0 unspecified atom stereocenters. The van der Waals surface area contributed by atoms with E-state index in [1.54, 1.807) is 6.07 Å². The van der Waals surface area contributed by atoms with Crippen LogP contribution in [0.1, 0.15) is 30.7 Å². The van der Waals surface area contributed by atoms with Gasteiger partial charge in [0, 0.05) is 28.8 Å². The Morgan fingerprint density at radius 2 is 1.70 bits per heavy atom. The standard InChI is InChI=1S/C24H26N2O/c1-24(2)14-21-18(13-16-9-5-7-11-20(16)25-21)23(19(24)15-26(3)4)17-10-6-8-12-22(17)27/h5-13,27H,14-15H2,1-4H3. The Kier molecular flexibility index (Phi) is 4.27. The van der Waals surface area contributed by atoms with Crippen LogP contribution >= 0.6 is 0 Å². The maximum absolute atomic E-state index is 10.7. The average molecular weight is 358 g/mol. The van der Waals surface area contributed by atoms with Crippen molar-refractivity contribution in [2.24, 2.45) is 5.41 Å². The second-order valence-electron chi connectivity index (χ2n) is 8.34. The van der Waals surface area contributed by atoms with E-state index in [2.05, 4.69) is 51.0 Å². The number of benzene rings is 2. The van der Waals surface area contributed by atoms with Crippen LogP contribution in [0.5, 0.6) is 5.75 Å². The van der Waals surface area contributed by atoms with Crippen LogP contribution in [0.25, 0.3) is 16.5 Å². The summed E-state index contributed by atoms with van der Waals surface area (Å²) in [5.41, 5.74) is 6.61. The summed E-state index contributed by atoms with van der Waals surface area (Å²) in [5.74, 6) is 0.320. The zero-order valence-electron chi connectivity index (χ0n) is 16.5. The topological polar surface area (TPSA) is 36.4 Å². The number of para-hydroxylation sites is 2. The first-order valence-electron chi connectivity index (χ1n) is 9.42. The van der Waals surface area contributed by atoms with Gasteiger partial charge < -0.3 is 10.0 Å². The number of likely N-dealkylation sites (N-methyl/N-ethyl adjacent to an activating group) is 1. The monoisotopic (exact) mass is 358 g/mol. The molecule has 0 radical (unpaired) electrons. The molecule has 0 saturated heterocycles. The van der Waals surface area contributed by atoms with Gasteiger partial charge in [-0.25, -0.2) is 0 Å². The van der Waals surface area contributed by atoms with Crippen LogP contribution in [-0.2, 0) is 6.42 Å². The molecule has 1 aromatic heterocycles. The quantitative estimate of drug-likeness (QED) is 0.724. The summed E-state index contributed by atoms with van der Waals surface area (Å²) in [7, 11) is 4.19. The van der Waals surface area contributed by atoms with E-state index in [0.29, 0.717) is 5.75 Å². The molecule has 138 valence electrons. The molecule has 3 aromatic rings. The number of aromatic nitrogens is 1. The molecule has 4 rings (SSSR count). The molecule has 1 N–H and O–H groups in total. The van der Waals surface area contributed by atoms with Crippen molar-refractivity contribution in [1.29, 1.82) is 0 Å². The maximum Gasteiger partial charge on any atom is 0.123 e. The fourth-order valence-electron chi connectivity index (χ4n) is 4.14. The van der Waals surface area contributed by atoms with E-state index in [0.717, 1.165) is 46.3 Å². The average Bonchev–Trinajstić information content (AvgIpc) is 2.61. The Morgan fingerprint density at radius 1 is 1.00 bits per heavy atom. The van der Waals surface area contributed by atoms with Gasteiger partial charge in [0.25, 0.3) is 0 Å². The molecule has 1 heterocycles. The van der Waals surface area contributed by atoms with E-state index in [-0.39, 0.29) is 5.41 Å². The lowest BCUT2D eigenvalue weighted by Gasteiger charge is -2.38. The fraction of sp³-hybridized carbons (Fsp3) is 0.292. The number of nitrogens with zero attached hydrogens (tertiary/aromatic N) is 2. The van der Waals surface area contributed by atoms with Gasteiger partial charge in [0.1, 0.15) is 5.75 Å². The van der Waals surface area contributed by atoms with Crippen LogP contribution in [0.15, 0.2) is 60.2 Å². The Bertz CT molecular complexity index is 1050. The minimum atomic E-state index is -0.0374. The second-order valence-corrected chi connectivity index (χ2v) is 8.34. The molecule has 0 atom stereocenters. The van der Waals surface area contributed by atoms with Gasteiger partial charge in [-0.1, -0.05) is 50.2 Å². The molecule has 2 aromatic carbocycles. The number of hydrogen-bond acceptors (Lipinski definition) is 3. The third-order valence-corrected chi connectivity index (χ3v) is 5.45. The molecule has 0 bridgehead atoms. The summed E-state index contributed by atoms with van der Waals surface area (Å²) >= 11 is 0. The summed E-state index contributed by atoms with van der Waals surface area (Å²) in [6.45, 7) is 5.42. The first kappa shape index (κ1) is 17.7. The van der Waals surface area contributed by atoms with Crippen LogP contribution in [0.3, 0.4) is 0 Å². The van der Waals surface area contributed by atoms with Crippen molar-refractivity contribution >= 4 is 16.5 Å². The highest BCUT2D eigenvalue weighted by molar-refractivity contribution is 5.92. The lowest BCUT2D eigenvalue weighted by molar-refractivity contribution is 0.358. The normalized spacial score (nSPS) is 16.0. The molecule has 0 spiro atoms. The van der Waals surface area contributed by atoms with Gasteiger partial charge >= 0.3 is 0 Å². The third-order valence-electron chi connectivity index (χ3n) is 5.45. The van der Waals surface area contributed by atoms with Crippen molar-refractivity contribution in [1.82, 2.24) is 9.88 Å². The number of phenolic OH excluding ortho intramolecular Hbond substituents is 1. The van der Waals surface area contributed by atoms with Crippen molar-refractivity contribution < 1.29 is 5.11 Å². The van der Waals surface area contributed by atoms with Gasteiger partial charge in [-0.3, -0.25) is 4.98 Å². The van der Waals surface area contributed by atoms with Crippen molar-refractivity contribution in [2.75, 3.05) is 20.6 Å². The predicted octanol–water partition coefficient (Wildman–Crippen LogP) is 4.89. The molecular formula is C24H26N2O. The van der Waals surface area contributed by atoms with Crippen molar-refractivity contribution in [3.05, 3.63) is 77.0 Å². The van der Waals surface area contributed by atoms with E-state index >= 15 is 0 Å². The smallest absolute Gasteiger partial charge is 0.123 e. The van der Waals surface area contributed by atoms with Gasteiger partial charge in [-0.05, 0) is 55.3 Å². The van der Waals surface area contributed by atoms with Gasteiger partial charge in [0.05, 0.1) is 5.52 Å². The Balaban J connectivity index is 2.08. The minimum absolute atomic E-state index is 0.0374. The van der Waals surface area contributed by atoms with Crippen LogP contribution in [0, 0.1) is 5.41 Å². The molecule has 3 nitrogen and oxygen atoms in total.